The van der Waals surface area contributed by atoms with E-state index in [0.29, 0.717) is 12.1 Å². The van der Waals surface area contributed by atoms with Gasteiger partial charge in [-0.1, -0.05) is 18.4 Å². The summed E-state index contributed by atoms with van der Waals surface area (Å²) in [5, 5.41) is 2.84. The molecular formula is C17H23N3O3S. The summed E-state index contributed by atoms with van der Waals surface area (Å²) < 4.78 is 26.4. The summed E-state index contributed by atoms with van der Waals surface area (Å²) in [6, 6.07) is 5.93. The van der Waals surface area contributed by atoms with E-state index in [1.54, 1.807) is 12.1 Å². The zero-order valence-corrected chi connectivity index (χ0v) is 14.4. The number of carbonyl (C=O) groups excluding carboxylic acids is 1. The van der Waals surface area contributed by atoms with Crippen LogP contribution in [0.25, 0.3) is 0 Å². The van der Waals surface area contributed by atoms with Crippen molar-refractivity contribution in [3.8, 4) is 12.3 Å². The van der Waals surface area contributed by atoms with Crippen LogP contribution in [0.2, 0.25) is 0 Å². The quantitative estimate of drug-likeness (QED) is 0.714. The number of terminal acetylenes is 1. The van der Waals surface area contributed by atoms with E-state index in [4.69, 9.17) is 6.42 Å². The Morgan fingerprint density at radius 3 is 2.71 bits per heavy atom. The molecule has 0 saturated carbocycles. The molecule has 0 atom stereocenters. The second-order valence-electron chi connectivity index (χ2n) is 5.71. The minimum absolute atomic E-state index is 0.0291. The van der Waals surface area contributed by atoms with Gasteiger partial charge in [-0.3, -0.25) is 4.79 Å². The Morgan fingerprint density at radius 2 is 2.00 bits per heavy atom. The fourth-order valence-electron chi connectivity index (χ4n) is 2.64. The molecule has 0 bridgehead atoms. The molecule has 1 heterocycles. The first-order chi connectivity index (χ1) is 11.5. The fourth-order valence-corrected chi connectivity index (χ4v) is 3.62. The van der Waals surface area contributed by atoms with Crippen LogP contribution in [0.1, 0.15) is 29.6 Å². The molecule has 2 rings (SSSR count). The normalized spacial score (nSPS) is 15.6. The maximum atomic E-state index is 12.2. The molecule has 0 unspecified atom stereocenters. The molecule has 1 fully saturated rings. The van der Waals surface area contributed by atoms with Crippen LogP contribution in [0, 0.1) is 12.3 Å². The van der Waals surface area contributed by atoms with Crippen LogP contribution >= 0.6 is 0 Å². The SMILES string of the molecule is C#CCNS(=O)(=O)c1cccc(C(=O)NCCN2CCCCC2)c1. The molecule has 0 spiro atoms. The largest absolute Gasteiger partial charge is 0.351 e. The summed E-state index contributed by atoms with van der Waals surface area (Å²) in [6.45, 7) is 3.42. The highest BCUT2D eigenvalue weighted by molar-refractivity contribution is 7.89. The van der Waals surface area contributed by atoms with Crippen molar-refractivity contribution in [1.29, 1.82) is 0 Å². The first-order valence-electron chi connectivity index (χ1n) is 8.07. The van der Waals surface area contributed by atoms with Gasteiger partial charge < -0.3 is 10.2 Å². The van der Waals surface area contributed by atoms with Gasteiger partial charge in [0.05, 0.1) is 11.4 Å². The number of benzene rings is 1. The van der Waals surface area contributed by atoms with Gasteiger partial charge in [0, 0.05) is 18.7 Å². The first kappa shape index (κ1) is 18.5. The second kappa shape index (κ2) is 8.83. The van der Waals surface area contributed by atoms with Crippen molar-refractivity contribution in [3.05, 3.63) is 29.8 Å². The van der Waals surface area contributed by atoms with E-state index in [1.807, 2.05) is 0 Å². The predicted octanol–water partition coefficient (Wildman–Crippen LogP) is 0.814. The lowest BCUT2D eigenvalue weighted by atomic mass is 10.1. The van der Waals surface area contributed by atoms with Gasteiger partial charge in [0.2, 0.25) is 10.0 Å². The number of nitrogens with one attached hydrogen (secondary N) is 2. The molecule has 0 aliphatic carbocycles. The zero-order valence-electron chi connectivity index (χ0n) is 13.6. The summed E-state index contributed by atoms with van der Waals surface area (Å²) in [5.41, 5.74) is 0.317. The molecule has 24 heavy (non-hydrogen) atoms. The Hall–Kier alpha value is -1.88. The fraction of sp³-hybridized carbons (Fsp3) is 0.471. The maximum Gasteiger partial charge on any atom is 0.251 e. The maximum absolute atomic E-state index is 12.2. The van der Waals surface area contributed by atoms with E-state index in [1.165, 1.54) is 31.4 Å². The Kier molecular flexibility index (Phi) is 6.79. The smallest absolute Gasteiger partial charge is 0.251 e. The van der Waals surface area contributed by atoms with Gasteiger partial charge in [-0.2, -0.15) is 4.72 Å². The number of rotatable bonds is 7. The molecule has 0 radical (unpaired) electrons. The van der Waals surface area contributed by atoms with Crippen molar-refractivity contribution >= 4 is 15.9 Å². The molecule has 1 saturated heterocycles. The van der Waals surface area contributed by atoms with Gasteiger partial charge in [-0.25, -0.2) is 8.42 Å². The minimum Gasteiger partial charge on any atom is -0.351 e. The Morgan fingerprint density at radius 1 is 1.25 bits per heavy atom. The monoisotopic (exact) mass is 349 g/mol. The van der Waals surface area contributed by atoms with Gasteiger partial charge in [0.25, 0.3) is 5.91 Å². The van der Waals surface area contributed by atoms with Crippen molar-refractivity contribution in [2.24, 2.45) is 0 Å². The second-order valence-corrected chi connectivity index (χ2v) is 7.48. The highest BCUT2D eigenvalue weighted by Gasteiger charge is 2.16. The third-order valence-electron chi connectivity index (χ3n) is 3.93. The summed E-state index contributed by atoms with van der Waals surface area (Å²) >= 11 is 0. The van der Waals surface area contributed by atoms with E-state index in [-0.39, 0.29) is 17.3 Å². The van der Waals surface area contributed by atoms with E-state index in [9.17, 15) is 13.2 Å². The number of hydrogen-bond acceptors (Lipinski definition) is 4. The van der Waals surface area contributed by atoms with Crippen LogP contribution in [0.3, 0.4) is 0 Å². The molecule has 1 aromatic carbocycles. The van der Waals surface area contributed by atoms with Crippen molar-refractivity contribution in [2.45, 2.75) is 24.2 Å². The predicted molar refractivity (Wildman–Crippen MR) is 93.1 cm³/mol. The lowest BCUT2D eigenvalue weighted by Crippen LogP contribution is -2.37. The molecule has 1 aliphatic heterocycles. The standard InChI is InChI=1S/C17H23N3O3S/c1-2-9-19-24(22,23)16-8-6-7-15(14-16)17(21)18-10-13-20-11-4-3-5-12-20/h1,6-8,14,19H,3-5,9-13H2,(H,18,21). The van der Waals surface area contributed by atoms with Crippen molar-refractivity contribution in [2.75, 3.05) is 32.7 Å². The number of carbonyl (C=O) groups is 1. The molecule has 1 aromatic rings. The molecule has 1 aliphatic rings. The van der Waals surface area contributed by atoms with E-state index in [0.717, 1.165) is 19.6 Å². The zero-order chi connectivity index (χ0) is 17.4. The van der Waals surface area contributed by atoms with E-state index < -0.39 is 10.0 Å². The van der Waals surface area contributed by atoms with Gasteiger partial charge in [0.1, 0.15) is 0 Å². The average molecular weight is 349 g/mol. The van der Waals surface area contributed by atoms with Crippen LogP contribution in [-0.2, 0) is 10.0 Å². The number of nitrogens with zero attached hydrogens (tertiary/aromatic N) is 1. The highest BCUT2D eigenvalue weighted by Crippen LogP contribution is 2.11. The Labute approximate surface area is 143 Å². The van der Waals surface area contributed by atoms with Crippen LogP contribution in [0.15, 0.2) is 29.2 Å². The number of amides is 1. The van der Waals surface area contributed by atoms with Crippen molar-refractivity contribution in [1.82, 2.24) is 14.9 Å². The Balaban J connectivity index is 1.92. The summed E-state index contributed by atoms with van der Waals surface area (Å²) in [5.74, 6) is 1.94. The van der Waals surface area contributed by atoms with Gasteiger partial charge in [-0.05, 0) is 44.1 Å². The minimum atomic E-state index is -3.70. The number of piperidine rings is 1. The molecule has 7 heteroatoms. The first-order valence-corrected chi connectivity index (χ1v) is 9.55. The summed E-state index contributed by atoms with van der Waals surface area (Å²) in [6.07, 6.45) is 8.75. The molecular weight excluding hydrogens is 326 g/mol. The number of hydrogen-bond donors (Lipinski definition) is 2. The third kappa shape index (κ3) is 5.34. The van der Waals surface area contributed by atoms with Crippen LogP contribution in [-0.4, -0.2) is 51.9 Å². The van der Waals surface area contributed by atoms with E-state index >= 15 is 0 Å². The molecule has 130 valence electrons. The topological polar surface area (TPSA) is 78.5 Å². The average Bonchev–Trinajstić information content (AvgIpc) is 2.61. The molecule has 6 nitrogen and oxygen atoms in total. The van der Waals surface area contributed by atoms with Crippen LogP contribution in [0.5, 0.6) is 0 Å². The highest BCUT2D eigenvalue weighted by atomic mass is 32.2. The lowest BCUT2D eigenvalue weighted by molar-refractivity contribution is 0.0946. The summed E-state index contributed by atoms with van der Waals surface area (Å²) in [7, 11) is -3.70. The van der Waals surface area contributed by atoms with Gasteiger partial charge >= 0.3 is 0 Å². The van der Waals surface area contributed by atoms with Gasteiger partial charge in [-0.15, -0.1) is 6.42 Å². The third-order valence-corrected chi connectivity index (χ3v) is 5.33. The van der Waals surface area contributed by atoms with Crippen LogP contribution in [0.4, 0.5) is 0 Å². The van der Waals surface area contributed by atoms with Crippen molar-refractivity contribution < 1.29 is 13.2 Å². The Bertz CT molecular complexity index is 704. The molecule has 2 N–H and O–H groups in total. The number of likely N-dealkylation sites (tertiary alicyclic amines) is 1. The van der Waals surface area contributed by atoms with Gasteiger partial charge in [0.15, 0.2) is 0 Å². The number of sulfonamides is 1. The molecule has 0 aromatic heterocycles. The molecule has 1 amide bonds. The van der Waals surface area contributed by atoms with Crippen molar-refractivity contribution in [3.63, 3.8) is 0 Å². The van der Waals surface area contributed by atoms with Crippen LogP contribution < -0.4 is 10.0 Å². The van der Waals surface area contributed by atoms with E-state index in [2.05, 4.69) is 20.9 Å². The summed E-state index contributed by atoms with van der Waals surface area (Å²) in [4.78, 5) is 14.6. The lowest BCUT2D eigenvalue weighted by Gasteiger charge is -2.26.